The third kappa shape index (κ3) is 2.97. The van der Waals surface area contributed by atoms with E-state index in [0.717, 1.165) is 4.90 Å². The number of imide groups is 1. The van der Waals surface area contributed by atoms with Crippen LogP contribution in [-0.2, 0) is 10.3 Å². The van der Waals surface area contributed by atoms with Crippen molar-refractivity contribution in [2.45, 2.75) is 19.4 Å². The first-order valence-corrected chi connectivity index (χ1v) is 7.87. The fraction of sp³-hybridized carbons (Fsp3) is 0.294. The largest absolute Gasteiger partial charge is 0.492 e. The lowest BCUT2D eigenvalue weighted by Gasteiger charge is -2.19. The Hall–Kier alpha value is -2.47. The van der Waals surface area contributed by atoms with Gasteiger partial charge in [-0.05, 0) is 50.2 Å². The molecule has 2 heterocycles. The molecule has 0 bridgehead atoms. The van der Waals surface area contributed by atoms with E-state index in [4.69, 9.17) is 20.8 Å². The van der Waals surface area contributed by atoms with Crippen LogP contribution in [0.3, 0.4) is 0 Å². The molecule has 1 aromatic carbocycles. The third-order valence-electron chi connectivity index (χ3n) is 3.91. The minimum Gasteiger partial charge on any atom is -0.492 e. The minimum atomic E-state index is -1.19. The van der Waals surface area contributed by atoms with Gasteiger partial charge in [-0.15, -0.1) is 0 Å². The summed E-state index contributed by atoms with van der Waals surface area (Å²) in [5.41, 5.74) is -1.19. The molecule has 3 rings (SSSR count). The van der Waals surface area contributed by atoms with Gasteiger partial charge < -0.3 is 14.5 Å². The predicted molar refractivity (Wildman–Crippen MR) is 88.0 cm³/mol. The summed E-state index contributed by atoms with van der Waals surface area (Å²) in [6.45, 7) is 3.74. The number of aryl methyl sites for hydroxylation is 1. The molecule has 3 amide bonds. The first kappa shape index (κ1) is 16.4. The number of nitrogens with one attached hydrogen (secondary N) is 1. The number of ether oxygens (including phenoxy) is 1. The van der Waals surface area contributed by atoms with Crippen LogP contribution >= 0.6 is 11.6 Å². The molecule has 126 valence electrons. The maximum Gasteiger partial charge on any atom is 0.325 e. The lowest BCUT2D eigenvalue weighted by molar-refractivity contribution is -0.131. The lowest BCUT2D eigenvalue weighted by atomic mass is 9.99. The molecule has 7 heteroatoms. The summed E-state index contributed by atoms with van der Waals surface area (Å²) in [6, 6.07) is 9.86. The Labute approximate surface area is 144 Å². The Morgan fingerprint density at radius 2 is 1.92 bits per heavy atom. The maximum absolute atomic E-state index is 12.6. The van der Waals surface area contributed by atoms with E-state index in [-0.39, 0.29) is 19.1 Å². The van der Waals surface area contributed by atoms with E-state index in [1.54, 1.807) is 50.2 Å². The zero-order valence-electron chi connectivity index (χ0n) is 13.3. The number of rotatable bonds is 5. The van der Waals surface area contributed by atoms with Gasteiger partial charge in [0.05, 0.1) is 6.54 Å². The molecular formula is C17H17ClN2O4. The van der Waals surface area contributed by atoms with Crippen LogP contribution < -0.4 is 10.1 Å². The Balaban J connectivity index is 1.65. The molecule has 24 heavy (non-hydrogen) atoms. The number of hydrogen-bond acceptors (Lipinski definition) is 4. The summed E-state index contributed by atoms with van der Waals surface area (Å²) in [5, 5.41) is 3.30. The van der Waals surface area contributed by atoms with Crippen LogP contribution in [0.1, 0.15) is 18.4 Å². The van der Waals surface area contributed by atoms with E-state index in [1.165, 1.54) is 0 Å². The van der Waals surface area contributed by atoms with Crippen molar-refractivity contribution < 1.29 is 18.7 Å². The first-order valence-electron chi connectivity index (χ1n) is 7.49. The fourth-order valence-electron chi connectivity index (χ4n) is 2.56. The second kappa shape index (κ2) is 6.20. The topological polar surface area (TPSA) is 71.8 Å². The van der Waals surface area contributed by atoms with Crippen LogP contribution in [0.5, 0.6) is 5.75 Å². The molecule has 0 radical (unpaired) electrons. The van der Waals surface area contributed by atoms with Gasteiger partial charge in [0.1, 0.15) is 23.9 Å². The zero-order chi connectivity index (χ0) is 17.3. The molecule has 6 nitrogen and oxygen atoms in total. The highest BCUT2D eigenvalue weighted by Gasteiger charge is 2.50. The molecule has 1 aliphatic heterocycles. The van der Waals surface area contributed by atoms with E-state index < -0.39 is 11.6 Å². The van der Waals surface area contributed by atoms with Gasteiger partial charge in [0.25, 0.3) is 5.91 Å². The summed E-state index contributed by atoms with van der Waals surface area (Å²) >= 11 is 5.81. The van der Waals surface area contributed by atoms with Crippen LogP contribution in [0.4, 0.5) is 4.79 Å². The standard InChI is InChI=1S/C17H17ClN2O4/c1-11-3-8-14(24-11)17(2)15(21)20(16(22)19-17)9-10-23-13-6-4-12(18)5-7-13/h3-8H,9-10H2,1-2H3,(H,19,22). The van der Waals surface area contributed by atoms with Gasteiger partial charge in [0, 0.05) is 5.02 Å². The molecular weight excluding hydrogens is 332 g/mol. The Kier molecular flexibility index (Phi) is 4.24. The van der Waals surface area contributed by atoms with Gasteiger partial charge in [0.2, 0.25) is 0 Å². The molecule has 0 spiro atoms. The number of amides is 3. The molecule has 1 atom stereocenters. The number of carbonyl (C=O) groups excluding carboxylic acids is 2. The molecule has 1 saturated heterocycles. The van der Waals surface area contributed by atoms with Crippen LogP contribution in [0.15, 0.2) is 40.8 Å². The highest BCUT2D eigenvalue weighted by Crippen LogP contribution is 2.30. The number of nitrogens with zero attached hydrogens (tertiary/aromatic N) is 1. The van der Waals surface area contributed by atoms with Gasteiger partial charge in [-0.1, -0.05) is 11.6 Å². The van der Waals surface area contributed by atoms with E-state index in [1.807, 2.05) is 0 Å². The molecule has 2 aromatic rings. The van der Waals surface area contributed by atoms with Crippen LogP contribution in [0, 0.1) is 6.92 Å². The Bertz CT molecular complexity index is 771. The van der Waals surface area contributed by atoms with Crippen molar-refractivity contribution in [3.05, 3.63) is 52.9 Å². The summed E-state index contributed by atoms with van der Waals surface area (Å²) < 4.78 is 11.1. The molecule has 1 aromatic heterocycles. The average Bonchev–Trinajstić information content (AvgIpc) is 3.07. The smallest absolute Gasteiger partial charge is 0.325 e. The molecule has 1 fully saturated rings. The number of hydrogen-bond donors (Lipinski definition) is 1. The maximum atomic E-state index is 12.6. The van der Waals surface area contributed by atoms with E-state index >= 15 is 0 Å². The Morgan fingerprint density at radius 1 is 1.21 bits per heavy atom. The SMILES string of the molecule is Cc1ccc(C2(C)NC(=O)N(CCOc3ccc(Cl)cc3)C2=O)o1. The summed E-state index contributed by atoms with van der Waals surface area (Å²) in [7, 11) is 0. The average molecular weight is 349 g/mol. The zero-order valence-corrected chi connectivity index (χ0v) is 14.1. The van der Waals surface area contributed by atoms with Crippen molar-refractivity contribution in [2.75, 3.05) is 13.2 Å². The number of carbonyl (C=O) groups is 2. The molecule has 1 N–H and O–H groups in total. The van der Waals surface area contributed by atoms with E-state index in [9.17, 15) is 9.59 Å². The number of furan rings is 1. The van der Waals surface area contributed by atoms with Crippen molar-refractivity contribution in [2.24, 2.45) is 0 Å². The fourth-order valence-corrected chi connectivity index (χ4v) is 2.68. The van der Waals surface area contributed by atoms with Crippen molar-refractivity contribution in [3.8, 4) is 5.75 Å². The van der Waals surface area contributed by atoms with E-state index in [2.05, 4.69) is 5.32 Å². The summed E-state index contributed by atoms with van der Waals surface area (Å²) in [5.74, 6) is 1.36. The normalized spacial score (nSPS) is 20.4. The predicted octanol–water partition coefficient (Wildman–Crippen LogP) is 3.09. The van der Waals surface area contributed by atoms with Gasteiger partial charge in [-0.3, -0.25) is 9.69 Å². The second-order valence-electron chi connectivity index (χ2n) is 5.72. The highest BCUT2D eigenvalue weighted by molar-refractivity contribution is 6.30. The van der Waals surface area contributed by atoms with Gasteiger partial charge >= 0.3 is 6.03 Å². The molecule has 0 saturated carbocycles. The first-order chi connectivity index (χ1) is 11.4. The van der Waals surface area contributed by atoms with Gasteiger partial charge in [-0.2, -0.15) is 0 Å². The van der Waals surface area contributed by atoms with Crippen molar-refractivity contribution >= 4 is 23.5 Å². The summed E-state index contributed by atoms with van der Waals surface area (Å²) in [4.78, 5) is 25.9. The van der Waals surface area contributed by atoms with Crippen molar-refractivity contribution in [1.29, 1.82) is 0 Å². The van der Waals surface area contributed by atoms with Crippen molar-refractivity contribution in [3.63, 3.8) is 0 Å². The van der Waals surface area contributed by atoms with Crippen LogP contribution in [0.25, 0.3) is 0 Å². The van der Waals surface area contributed by atoms with Crippen LogP contribution in [-0.4, -0.2) is 30.0 Å². The van der Waals surface area contributed by atoms with Gasteiger partial charge in [0.15, 0.2) is 5.54 Å². The number of urea groups is 1. The molecule has 1 unspecified atom stereocenters. The highest BCUT2D eigenvalue weighted by atomic mass is 35.5. The second-order valence-corrected chi connectivity index (χ2v) is 6.16. The third-order valence-corrected chi connectivity index (χ3v) is 4.16. The van der Waals surface area contributed by atoms with Crippen molar-refractivity contribution in [1.82, 2.24) is 10.2 Å². The van der Waals surface area contributed by atoms with Crippen LogP contribution in [0.2, 0.25) is 5.02 Å². The quantitative estimate of drug-likeness (QED) is 0.843. The van der Waals surface area contributed by atoms with E-state index in [0.29, 0.717) is 22.3 Å². The number of halogens is 1. The molecule has 0 aliphatic carbocycles. The lowest BCUT2D eigenvalue weighted by Crippen LogP contribution is -2.41. The number of benzene rings is 1. The van der Waals surface area contributed by atoms with Gasteiger partial charge in [-0.25, -0.2) is 4.79 Å². The minimum absolute atomic E-state index is 0.141. The summed E-state index contributed by atoms with van der Waals surface area (Å²) in [6.07, 6.45) is 0. The Morgan fingerprint density at radius 3 is 2.54 bits per heavy atom. The molecule has 1 aliphatic rings. The monoisotopic (exact) mass is 348 g/mol.